The summed E-state index contributed by atoms with van der Waals surface area (Å²) in [4.78, 5) is 15.8. The molecule has 0 fully saturated rings. The van der Waals surface area contributed by atoms with Crippen molar-refractivity contribution in [3.63, 3.8) is 0 Å². The molecule has 1 atom stereocenters. The summed E-state index contributed by atoms with van der Waals surface area (Å²) < 4.78 is 48.7. The van der Waals surface area contributed by atoms with Crippen molar-refractivity contribution in [2.75, 3.05) is 5.32 Å². The first-order valence-corrected chi connectivity index (χ1v) is 8.65. The first kappa shape index (κ1) is 20.2. The van der Waals surface area contributed by atoms with E-state index in [1.54, 1.807) is 43.3 Å². The van der Waals surface area contributed by atoms with Crippen molar-refractivity contribution < 1.29 is 27.4 Å². The van der Waals surface area contributed by atoms with Gasteiger partial charge in [0.2, 0.25) is 5.88 Å². The molecule has 0 radical (unpaired) electrons. The number of anilines is 1. The number of alkyl halides is 3. The first-order valence-electron chi connectivity index (χ1n) is 8.65. The lowest BCUT2D eigenvalue weighted by molar-refractivity contribution is -0.137. The van der Waals surface area contributed by atoms with Gasteiger partial charge in [0.25, 0.3) is 5.91 Å². The fourth-order valence-corrected chi connectivity index (χ4v) is 2.34. The molecule has 1 aromatic heterocycles. The molecule has 1 heterocycles. The van der Waals surface area contributed by atoms with Gasteiger partial charge in [-0.2, -0.15) is 13.2 Å². The highest BCUT2D eigenvalue weighted by molar-refractivity contribution is 5.94. The molecule has 3 aromatic rings. The molecular weight excluding hydrogens is 385 g/mol. The maximum absolute atomic E-state index is 12.6. The fourth-order valence-electron chi connectivity index (χ4n) is 2.34. The number of pyridine rings is 1. The van der Waals surface area contributed by atoms with Gasteiger partial charge in [0.05, 0.1) is 5.56 Å². The molecule has 0 unspecified atom stereocenters. The highest BCUT2D eigenvalue weighted by Crippen LogP contribution is 2.30. The monoisotopic (exact) mass is 402 g/mol. The molecule has 0 spiro atoms. The van der Waals surface area contributed by atoms with E-state index in [1.165, 1.54) is 0 Å². The number of amides is 1. The number of carbonyl (C=O) groups excluding carboxylic acids is 1. The molecule has 0 aliphatic heterocycles. The largest absolute Gasteiger partial charge is 0.481 e. The van der Waals surface area contributed by atoms with Crippen molar-refractivity contribution >= 4 is 11.6 Å². The van der Waals surface area contributed by atoms with Crippen LogP contribution in [-0.4, -0.2) is 17.0 Å². The Morgan fingerprint density at radius 3 is 2.21 bits per heavy atom. The molecule has 8 heteroatoms. The van der Waals surface area contributed by atoms with Gasteiger partial charge in [-0.1, -0.05) is 18.2 Å². The Hall–Kier alpha value is -3.55. The van der Waals surface area contributed by atoms with Crippen molar-refractivity contribution in [2.24, 2.45) is 0 Å². The van der Waals surface area contributed by atoms with Gasteiger partial charge in [-0.05, 0) is 49.4 Å². The predicted octanol–water partition coefficient (Wildman–Crippen LogP) is 5.30. The number of rotatable bonds is 6. The summed E-state index contributed by atoms with van der Waals surface area (Å²) >= 11 is 0. The predicted molar refractivity (Wildman–Crippen MR) is 101 cm³/mol. The third kappa shape index (κ3) is 5.71. The van der Waals surface area contributed by atoms with E-state index in [4.69, 9.17) is 9.47 Å². The van der Waals surface area contributed by atoms with E-state index in [9.17, 15) is 18.0 Å². The van der Waals surface area contributed by atoms with E-state index in [0.29, 0.717) is 23.4 Å². The van der Waals surface area contributed by atoms with Crippen LogP contribution in [-0.2, 0) is 11.0 Å². The normalized spacial score (nSPS) is 12.1. The average molecular weight is 402 g/mol. The Kier molecular flexibility index (Phi) is 6.01. The smallest absolute Gasteiger partial charge is 0.417 e. The number of hydrogen-bond acceptors (Lipinski definition) is 4. The lowest BCUT2D eigenvalue weighted by atomic mass is 10.3. The van der Waals surface area contributed by atoms with Crippen molar-refractivity contribution in [1.29, 1.82) is 0 Å². The Balaban J connectivity index is 1.56. The molecule has 150 valence electrons. The van der Waals surface area contributed by atoms with Gasteiger partial charge >= 0.3 is 6.18 Å². The molecule has 5 nitrogen and oxygen atoms in total. The van der Waals surface area contributed by atoms with Crippen LogP contribution in [0.25, 0.3) is 0 Å². The molecule has 1 amide bonds. The molecule has 2 aromatic carbocycles. The van der Waals surface area contributed by atoms with Crippen molar-refractivity contribution in [1.82, 2.24) is 4.98 Å². The van der Waals surface area contributed by atoms with E-state index in [-0.39, 0.29) is 11.8 Å². The molecule has 0 bridgehead atoms. The van der Waals surface area contributed by atoms with Crippen LogP contribution in [0.5, 0.6) is 17.4 Å². The average Bonchev–Trinajstić information content (AvgIpc) is 2.70. The Morgan fingerprint density at radius 1 is 0.966 bits per heavy atom. The number of hydrogen-bond donors (Lipinski definition) is 1. The second-order valence-corrected chi connectivity index (χ2v) is 6.07. The van der Waals surface area contributed by atoms with Gasteiger partial charge in [-0.3, -0.25) is 4.79 Å². The molecule has 3 rings (SSSR count). The standard InChI is InChI=1S/C21H17F3N2O3/c1-14(20(27)26-16-5-3-2-4-6-16)28-17-8-10-18(11-9-17)29-19-12-7-15(13-25-19)21(22,23)24/h2-14H,1H3,(H,26,27)/t14-/m0/s1. The maximum atomic E-state index is 12.6. The third-order valence-corrected chi connectivity index (χ3v) is 3.83. The van der Waals surface area contributed by atoms with Crippen LogP contribution in [0.3, 0.4) is 0 Å². The number of benzene rings is 2. The Bertz CT molecular complexity index is 944. The van der Waals surface area contributed by atoms with Gasteiger partial charge in [-0.15, -0.1) is 0 Å². The van der Waals surface area contributed by atoms with Crippen molar-refractivity contribution in [3.8, 4) is 17.4 Å². The number of carbonyl (C=O) groups is 1. The number of nitrogens with zero attached hydrogens (tertiary/aromatic N) is 1. The lowest BCUT2D eigenvalue weighted by Crippen LogP contribution is -2.30. The lowest BCUT2D eigenvalue weighted by Gasteiger charge is -2.15. The molecule has 0 saturated heterocycles. The molecule has 0 aliphatic carbocycles. The number of halogens is 3. The zero-order chi connectivity index (χ0) is 20.9. The van der Waals surface area contributed by atoms with E-state index in [1.807, 2.05) is 18.2 Å². The molecule has 0 aliphatic rings. The van der Waals surface area contributed by atoms with E-state index in [2.05, 4.69) is 10.3 Å². The summed E-state index contributed by atoms with van der Waals surface area (Å²) in [5, 5.41) is 2.74. The maximum Gasteiger partial charge on any atom is 0.417 e. The highest BCUT2D eigenvalue weighted by Gasteiger charge is 2.30. The SMILES string of the molecule is C[C@H](Oc1ccc(Oc2ccc(C(F)(F)F)cn2)cc1)C(=O)Nc1ccccc1. The fraction of sp³-hybridized carbons (Fsp3) is 0.143. The summed E-state index contributed by atoms with van der Waals surface area (Å²) in [6.07, 6.45) is -4.48. The second-order valence-electron chi connectivity index (χ2n) is 6.07. The highest BCUT2D eigenvalue weighted by atomic mass is 19.4. The number of aromatic nitrogens is 1. The molecule has 0 saturated carbocycles. The van der Waals surface area contributed by atoms with Gasteiger partial charge in [0.1, 0.15) is 11.5 Å². The van der Waals surface area contributed by atoms with Gasteiger partial charge in [-0.25, -0.2) is 4.98 Å². The molecular formula is C21H17F3N2O3. The summed E-state index contributed by atoms with van der Waals surface area (Å²) in [6.45, 7) is 1.62. The minimum absolute atomic E-state index is 0.0299. The number of para-hydroxylation sites is 1. The van der Waals surface area contributed by atoms with E-state index in [0.717, 1.165) is 12.1 Å². The summed E-state index contributed by atoms with van der Waals surface area (Å²) in [5.41, 5.74) is -0.183. The van der Waals surface area contributed by atoms with Crippen LogP contribution >= 0.6 is 0 Å². The zero-order valence-electron chi connectivity index (χ0n) is 15.3. The van der Waals surface area contributed by atoms with Crippen LogP contribution in [0.2, 0.25) is 0 Å². The number of ether oxygens (including phenoxy) is 2. The molecule has 1 N–H and O–H groups in total. The minimum Gasteiger partial charge on any atom is -0.481 e. The minimum atomic E-state index is -4.45. The Morgan fingerprint density at radius 2 is 1.62 bits per heavy atom. The van der Waals surface area contributed by atoms with Crippen molar-refractivity contribution in [3.05, 3.63) is 78.5 Å². The summed E-state index contributed by atoms with van der Waals surface area (Å²) in [5.74, 6) is 0.534. The summed E-state index contributed by atoms with van der Waals surface area (Å²) in [6, 6.07) is 17.4. The third-order valence-electron chi connectivity index (χ3n) is 3.83. The van der Waals surface area contributed by atoms with Crippen LogP contribution in [0.15, 0.2) is 72.9 Å². The summed E-state index contributed by atoms with van der Waals surface area (Å²) in [7, 11) is 0. The van der Waals surface area contributed by atoms with Gasteiger partial charge in [0.15, 0.2) is 6.10 Å². The van der Waals surface area contributed by atoms with Crippen LogP contribution in [0.4, 0.5) is 18.9 Å². The quantitative estimate of drug-likeness (QED) is 0.608. The molecule has 29 heavy (non-hydrogen) atoms. The van der Waals surface area contributed by atoms with Crippen molar-refractivity contribution in [2.45, 2.75) is 19.2 Å². The van der Waals surface area contributed by atoms with Gasteiger partial charge in [0, 0.05) is 18.0 Å². The van der Waals surface area contributed by atoms with Crippen LogP contribution < -0.4 is 14.8 Å². The van der Waals surface area contributed by atoms with Crippen LogP contribution in [0, 0.1) is 0 Å². The van der Waals surface area contributed by atoms with Gasteiger partial charge < -0.3 is 14.8 Å². The van der Waals surface area contributed by atoms with E-state index >= 15 is 0 Å². The van der Waals surface area contributed by atoms with Crippen LogP contribution in [0.1, 0.15) is 12.5 Å². The zero-order valence-corrected chi connectivity index (χ0v) is 15.3. The Labute approximate surface area is 165 Å². The number of nitrogens with one attached hydrogen (secondary N) is 1. The van der Waals surface area contributed by atoms with E-state index < -0.39 is 17.8 Å². The second kappa shape index (κ2) is 8.64. The first-order chi connectivity index (χ1) is 13.8. The topological polar surface area (TPSA) is 60.5 Å².